The van der Waals surface area contributed by atoms with E-state index in [1.165, 1.54) is 6.20 Å². The Morgan fingerprint density at radius 3 is 2.51 bits per heavy atom. The second kappa shape index (κ2) is 9.56. The number of hydrogen-bond acceptors (Lipinski definition) is 12. The molecule has 0 radical (unpaired) electrons. The molecule has 194 valence electrons. The van der Waals surface area contributed by atoms with E-state index in [9.17, 15) is 28.6 Å². The number of imidazole rings is 1. The number of nitrogens with two attached hydrogens (primary N) is 1. The molecule has 0 amide bonds. The van der Waals surface area contributed by atoms with Gasteiger partial charge in [0, 0.05) is 0 Å². The molecule has 17 nitrogen and oxygen atoms in total. The van der Waals surface area contributed by atoms with Crippen molar-refractivity contribution in [3.63, 3.8) is 0 Å². The molecule has 7 N–H and O–H groups in total. The SMILES string of the molecule is C#CC1(F)C(CO)[C@@H]([C@@H](C)OP(=O)(O)OP(=O)(O)OP(=O)(O)O)O[C@H]1n1cnc2cnc(N)nc21. The topological polar surface area (TPSA) is 259 Å². The molecule has 35 heavy (non-hydrogen) atoms. The summed E-state index contributed by atoms with van der Waals surface area (Å²) in [5.41, 5.74) is 3.00. The zero-order valence-corrected chi connectivity index (χ0v) is 20.1. The Morgan fingerprint density at radius 1 is 1.29 bits per heavy atom. The lowest BCUT2D eigenvalue weighted by Crippen LogP contribution is -2.41. The molecule has 0 bridgehead atoms. The second-order valence-corrected chi connectivity index (χ2v) is 11.5. The summed E-state index contributed by atoms with van der Waals surface area (Å²) in [5, 5.41) is 9.84. The lowest BCUT2D eigenvalue weighted by atomic mass is 9.85. The number of fused-ring (bicyclic) bond motifs is 1. The van der Waals surface area contributed by atoms with Crippen molar-refractivity contribution < 1.29 is 60.6 Å². The quantitative estimate of drug-likeness (QED) is 0.174. The Kier molecular flexibility index (Phi) is 7.58. The first kappa shape index (κ1) is 27.8. The number of anilines is 1. The molecule has 7 atom stereocenters. The lowest BCUT2D eigenvalue weighted by molar-refractivity contribution is -0.0712. The number of hydrogen-bond donors (Lipinski definition) is 6. The van der Waals surface area contributed by atoms with Gasteiger partial charge >= 0.3 is 23.5 Å². The van der Waals surface area contributed by atoms with E-state index in [1.807, 2.05) is 5.92 Å². The number of ether oxygens (including phenoxy) is 1. The van der Waals surface area contributed by atoms with Crippen molar-refractivity contribution in [3.05, 3.63) is 12.5 Å². The van der Waals surface area contributed by atoms with Crippen LogP contribution in [0.1, 0.15) is 13.2 Å². The van der Waals surface area contributed by atoms with Crippen LogP contribution in [0.4, 0.5) is 10.3 Å². The summed E-state index contributed by atoms with van der Waals surface area (Å²) in [6.07, 6.45) is 2.81. The van der Waals surface area contributed by atoms with Crippen molar-refractivity contribution in [1.29, 1.82) is 0 Å². The number of terminal acetylenes is 1. The number of aliphatic hydroxyl groups excluding tert-OH is 1. The molecule has 0 spiro atoms. The van der Waals surface area contributed by atoms with Gasteiger partial charge in [-0.1, -0.05) is 5.92 Å². The molecule has 1 aliphatic heterocycles. The van der Waals surface area contributed by atoms with Gasteiger partial charge in [-0.25, -0.2) is 28.1 Å². The van der Waals surface area contributed by atoms with Crippen molar-refractivity contribution in [2.45, 2.75) is 31.0 Å². The van der Waals surface area contributed by atoms with Gasteiger partial charge in [-0.3, -0.25) is 9.09 Å². The Morgan fingerprint density at radius 2 is 1.94 bits per heavy atom. The third-order valence-corrected chi connectivity index (χ3v) is 8.69. The van der Waals surface area contributed by atoms with E-state index in [4.69, 9.17) is 31.2 Å². The molecule has 0 aliphatic carbocycles. The van der Waals surface area contributed by atoms with Crippen LogP contribution >= 0.6 is 23.5 Å². The number of rotatable bonds is 9. The van der Waals surface area contributed by atoms with E-state index in [1.54, 1.807) is 0 Å². The van der Waals surface area contributed by atoms with E-state index in [2.05, 4.69) is 23.6 Å². The highest BCUT2D eigenvalue weighted by Gasteiger charge is 2.60. The number of aromatic nitrogens is 4. The van der Waals surface area contributed by atoms with E-state index in [0.717, 1.165) is 17.8 Å². The summed E-state index contributed by atoms with van der Waals surface area (Å²) >= 11 is 0. The molecular formula is C14H19FN5O12P3. The number of phosphoric acid groups is 3. The number of halogens is 1. The molecule has 2 aromatic heterocycles. The first-order valence-electron chi connectivity index (χ1n) is 9.22. The van der Waals surface area contributed by atoms with E-state index in [-0.39, 0.29) is 17.1 Å². The fourth-order valence-electron chi connectivity index (χ4n) is 3.47. The van der Waals surface area contributed by atoms with Crippen molar-refractivity contribution in [1.82, 2.24) is 19.5 Å². The van der Waals surface area contributed by atoms with Gasteiger partial charge in [0.15, 0.2) is 11.9 Å². The average molecular weight is 561 g/mol. The molecular weight excluding hydrogens is 542 g/mol. The van der Waals surface area contributed by atoms with Crippen LogP contribution < -0.4 is 5.73 Å². The summed E-state index contributed by atoms with van der Waals surface area (Å²) in [5.74, 6) is 0.118. The number of aliphatic hydroxyl groups is 1. The highest BCUT2D eigenvalue weighted by Crippen LogP contribution is 2.67. The third-order valence-electron chi connectivity index (χ3n) is 4.76. The predicted octanol–water partition coefficient (Wildman–Crippen LogP) is -0.0123. The summed E-state index contributed by atoms with van der Waals surface area (Å²) in [6.45, 7) is 0.104. The summed E-state index contributed by atoms with van der Waals surface area (Å²) in [6, 6.07) is 0. The monoisotopic (exact) mass is 561 g/mol. The Hall–Kier alpha value is -1.83. The minimum absolute atomic E-state index is 0.0117. The highest BCUT2D eigenvalue weighted by atomic mass is 31.3. The second-order valence-electron chi connectivity index (χ2n) is 7.14. The minimum atomic E-state index is -5.80. The van der Waals surface area contributed by atoms with Gasteiger partial charge in [0.05, 0.1) is 37.3 Å². The van der Waals surface area contributed by atoms with Gasteiger partial charge in [0.25, 0.3) is 0 Å². The van der Waals surface area contributed by atoms with Gasteiger partial charge in [0.1, 0.15) is 5.52 Å². The lowest BCUT2D eigenvalue weighted by Gasteiger charge is -2.27. The Bertz CT molecular complexity index is 1300. The van der Waals surface area contributed by atoms with Crippen LogP contribution in [0.5, 0.6) is 0 Å². The molecule has 1 saturated heterocycles. The molecule has 3 rings (SSSR count). The predicted molar refractivity (Wildman–Crippen MR) is 111 cm³/mol. The van der Waals surface area contributed by atoms with Crippen LogP contribution in [0.3, 0.4) is 0 Å². The maximum atomic E-state index is 16.0. The Balaban J connectivity index is 1.90. The first-order chi connectivity index (χ1) is 16.0. The van der Waals surface area contributed by atoms with Crippen LogP contribution in [-0.4, -0.2) is 68.7 Å². The number of nitrogens with zero attached hydrogens (tertiary/aromatic N) is 4. The van der Waals surface area contributed by atoms with E-state index in [0.29, 0.717) is 0 Å². The maximum Gasteiger partial charge on any atom is 0.490 e. The van der Waals surface area contributed by atoms with Gasteiger partial charge < -0.3 is 35.2 Å². The highest BCUT2D eigenvalue weighted by molar-refractivity contribution is 7.66. The number of alkyl halides is 1. The van der Waals surface area contributed by atoms with Crippen LogP contribution in [0, 0.1) is 18.3 Å². The van der Waals surface area contributed by atoms with Crippen molar-refractivity contribution in [2.75, 3.05) is 12.3 Å². The first-order valence-corrected chi connectivity index (χ1v) is 13.7. The smallest absolute Gasteiger partial charge is 0.396 e. The average Bonchev–Trinajstić information content (AvgIpc) is 3.22. The summed E-state index contributed by atoms with van der Waals surface area (Å²) < 4.78 is 69.2. The molecule has 1 aliphatic rings. The number of phosphoric ester groups is 1. The molecule has 21 heteroatoms. The summed E-state index contributed by atoms with van der Waals surface area (Å²) in [7, 11) is -17.0. The van der Waals surface area contributed by atoms with Crippen molar-refractivity contribution >= 4 is 40.6 Å². The molecule has 3 heterocycles. The van der Waals surface area contributed by atoms with Crippen LogP contribution in [0.2, 0.25) is 0 Å². The van der Waals surface area contributed by atoms with Crippen molar-refractivity contribution in [2.24, 2.45) is 5.92 Å². The fraction of sp³-hybridized carbons (Fsp3) is 0.500. The molecule has 0 aromatic carbocycles. The molecule has 2 aromatic rings. The van der Waals surface area contributed by atoms with Crippen LogP contribution in [-0.2, 0) is 31.6 Å². The Labute approximate surface area is 195 Å². The fourth-order valence-corrected chi connectivity index (χ4v) is 6.67. The molecule has 0 saturated carbocycles. The third kappa shape index (κ3) is 5.95. The zero-order chi connectivity index (χ0) is 26.4. The van der Waals surface area contributed by atoms with E-state index < -0.39 is 60.1 Å². The normalized spacial score (nSPS) is 29.4. The molecule has 4 unspecified atom stereocenters. The van der Waals surface area contributed by atoms with Crippen LogP contribution in [0.15, 0.2) is 12.5 Å². The molecule has 1 fully saturated rings. The summed E-state index contributed by atoms with van der Waals surface area (Å²) in [4.78, 5) is 48.0. The van der Waals surface area contributed by atoms with E-state index >= 15 is 4.39 Å². The van der Waals surface area contributed by atoms with Crippen LogP contribution in [0.25, 0.3) is 11.2 Å². The van der Waals surface area contributed by atoms with Gasteiger partial charge in [-0.15, -0.1) is 6.42 Å². The number of nitrogen functional groups attached to an aromatic ring is 1. The van der Waals surface area contributed by atoms with Crippen molar-refractivity contribution in [3.8, 4) is 12.3 Å². The van der Waals surface area contributed by atoms with Gasteiger partial charge in [0.2, 0.25) is 11.6 Å². The largest absolute Gasteiger partial charge is 0.490 e. The zero-order valence-electron chi connectivity index (χ0n) is 17.4. The maximum absolute atomic E-state index is 16.0. The standard InChI is InChI=1S/C14H19FN5O12P3/c1-3-14(15)8(5-21)10(7(2)30-34(25,26)32-35(27,28)31-33(22,23)24)29-12(14)20-6-18-9-4-17-13(16)19-11(9)20/h1,4,6-8,10,12,21H,5H2,2H3,(H,25,26)(H,27,28)(H2,16,17,19)(H2,22,23,24)/t7-,8?,10-,12-,14?/m1/s1. The minimum Gasteiger partial charge on any atom is -0.396 e. The van der Waals surface area contributed by atoms with Gasteiger partial charge in [-0.2, -0.15) is 13.6 Å². The van der Waals surface area contributed by atoms with Gasteiger partial charge in [-0.05, 0) is 6.92 Å².